The standard InChI is InChI=1S/C15H12ClF3N6O3/c1-23-11(15(17,18)19)6-12(26)25(14(23)27)8-3-4-10(16)9(5-8)13-20-21-22-24(13)7-28-2/h3-6H,7H2,1-2H3. The first-order valence-electron chi connectivity index (χ1n) is 7.61. The normalized spacial score (nSPS) is 11.8. The highest BCUT2D eigenvalue weighted by atomic mass is 35.5. The lowest BCUT2D eigenvalue weighted by Gasteiger charge is -2.14. The number of benzene rings is 1. The van der Waals surface area contributed by atoms with E-state index in [0.717, 1.165) is 7.05 Å². The Hall–Kier alpha value is -2.99. The Bertz CT molecular complexity index is 1150. The molecule has 0 fully saturated rings. The van der Waals surface area contributed by atoms with Gasteiger partial charge < -0.3 is 4.74 Å². The van der Waals surface area contributed by atoms with Crippen molar-refractivity contribution in [3.05, 3.63) is 55.8 Å². The number of alkyl halides is 3. The molecule has 0 aliphatic carbocycles. The summed E-state index contributed by atoms with van der Waals surface area (Å²) in [6.45, 7) is 0.00484. The van der Waals surface area contributed by atoms with Gasteiger partial charge in [-0.25, -0.2) is 9.36 Å². The van der Waals surface area contributed by atoms with Gasteiger partial charge in [-0.15, -0.1) is 5.10 Å². The molecule has 0 aliphatic rings. The molecule has 2 aromatic heterocycles. The summed E-state index contributed by atoms with van der Waals surface area (Å²) < 4.78 is 46.2. The van der Waals surface area contributed by atoms with E-state index >= 15 is 0 Å². The summed E-state index contributed by atoms with van der Waals surface area (Å²) in [5.74, 6) is 0.186. The van der Waals surface area contributed by atoms with Crippen LogP contribution in [0.5, 0.6) is 0 Å². The molecule has 0 atom stereocenters. The highest BCUT2D eigenvalue weighted by molar-refractivity contribution is 6.33. The number of ether oxygens (including phenoxy) is 1. The summed E-state index contributed by atoms with van der Waals surface area (Å²) in [7, 11) is 2.35. The van der Waals surface area contributed by atoms with Crippen LogP contribution in [0.25, 0.3) is 17.1 Å². The monoisotopic (exact) mass is 416 g/mol. The molecule has 1 aromatic carbocycles. The van der Waals surface area contributed by atoms with Crippen molar-refractivity contribution in [1.29, 1.82) is 0 Å². The van der Waals surface area contributed by atoms with Crippen molar-refractivity contribution in [2.75, 3.05) is 7.11 Å². The number of hydrogen-bond acceptors (Lipinski definition) is 6. The first kappa shape index (κ1) is 19.8. The van der Waals surface area contributed by atoms with Gasteiger partial charge in [-0.05, 0) is 28.6 Å². The molecule has 0 unspecified atom stereocenters. The maximum absolute atomic E-state index is 13.0. The molecule has 13 heteroatoms. The third-order valence-corrected chi connectivity index (χ3v) is 4.17. The first-order chi connectivity index (χ1) is 13.1. The predicted molar refractivity (Wildman–Crippen MR) is 91.1 cm³/mol. The summed E-state index contributed by atoms with van der Waals surface area (Å²) in [5, 5.41) is 11.3. The van der Waals surface area contributed by atoms with Gasteiger partial charge in [0.25, 0.3) is 5.56 Å². The van der Waals surface area contributed by atoms with E-state index in [0.29, 0.717) is 15.2 Å². The lowest BCUT2D eigenvalue weighted by Crippen LogP contribution is -2.40. The van der Waals surface area contributed by atoms with Crippen LogP contribution in [0.2, 0.25) is 5.02 Å². The van der Waals surface area contributed by atoms with Gasteiger partial charge in [0.2, 0.25) is 0 Å². The third-order valence-electron chi connectivity index (χ3n) is 3.84. The van der Waals surface area contributed by atoms with Crippen LogP contribution >= 0.6 is 11.6 Å². The number of halogens is 4. The summed E-state index contributed by atoms with van der Waals surface area (Å²) >= 11 is 6.17. The number of methoxy groups -OCH3 is 1. The minimum absolute atomic E-state index is 0.00484. The van der Waals surface area contributed by atoms with Gasteiger partial charge in [0, 0.05) is 25.8 Å². The van der Waals surface area contributed by atoms with Gasteiger partial charge in [-0.2, -0.15) is 17.9 Å². The van der Waals surface area contributed by atoms with Gasteiger partial charge in [0.05, 0.1) is 10.7 Å². The van der Waals surface area contributed by atoms with Gasteiger partial charge in [-0.1, -0.05) is 11.6 Å². The zero-order chi connectivity index (χ0) is 20.6. The SMILES string of the molecule is COCn1nnnc1-c1cc(-n2c(=O)cc(C(F)(F)F)n(C)c2=O)ccc1Cl. The van der Waals surface area contributed by atoms with E-state index in [-0.39, 0.29) is 28.8 Å². The Labute approximate surface area is 159 Å². The van der Waals surface area contributed by atoms with Gasteiger partial charge in [0.1, 0.15) is 12.4 Å². The molecule has 3 aromatic rings. The molecule has 3 rings (SSSR count). The van der Waals surface area contributed by atoms with E-state index in [1.165, 1.54) is 30.0 Å². The fourth-order valence-corrected chi connectivity index (χ4v) is 2.77. The van der Waals surface area contributed by atoms with E-state index in [1.807, 2.05) is 0 Å². The maximum Gasteiger partial charge on any atom is 0.431 e. The number of aromatic nitrogens is 6. The Morgan fingerprint density at radius 3 is 2.57 bits per heavy atom. The molecule has 0 saturated heterocycles. The van der Waals surface area contributed by atoms with Crippen molar-refractivity contribution in [2.24, 2.45) is 7.05 Å². The van der Waals surface area contributed by atoms with Crippen molar-refractivity contribution in [1.82, 2.24) is 29.3 Å². The predicted octanol–water partition coefficient (Wildman–Crippen LogP) is 1.47. The van der Waals surface area contributed by atoms with Gasteiger partial charge in [0.15, 0.2) is 5.82 Å². The summed E-state index contributed by atoms with van der Waals surface area (Å²) in [6, 6.07) is 4.38. The van der Waals surface area contributed by atoms with Crippen molar-refractivity contribution in [3.63, 3.8) is 0 Å². The van der Waals surface area contributed by atoms with Crippen molar-refractivity contribution in [2.45, 2.75) is 12.9 Å². The molecule has 0 radical (unpaired) electrons. The second-order valence-electron chi connectivity index (χ2n) is 5.63. The molecule has 148 valence electrons. The largest absolute Gasteiger partial charge is 0.431 e. The molecule has 0 spiro atoms. The lowest BCUT2D eigenvalue weighted by molar-refractivity contribution is -0.144. The quantitative estimate of drug-likeness (QED) is 0.639. The summed E-state index contributed by atoms with van der Waals surface area (Å²) in [6.07, 6.45) is -4.85. The van der Waals surface area contributed by atoms with Crippen molar-refractivity contribution < 1.29 is 17.9 Å². The van der Waals surface area contributed by atoms with E-state index < -0.39 is 23.1 Å². The molecule has 28 heavy (non-hydrogen) atoms. The Morgan fingerprint density at radius 2 is 1.93 bits per heavy atom. The Kier molecular flexibility index (Phi) is 5.08. The average molecular weight is 417 g/mol. The van der Waals surface area contributed by atoms with E-state index in [1.54, 1.807) is 0 Å². The second-order valence-corrected chi connectivity index (χ2v) is 6.03. The number of hydrogen-bond donors (Lipinski definition) is 0. The van der Waals surface area contributed by atoms with Crippen LogP contribution in [-0.4, -0.2) is 36.5 Å². The topological polar surface area (TPSA) is 96.8 Å². The molecule has 0 bridgehead atoms. The minimum atomic E-state index is -4.85. The van der Waals surface area contributed by atoms with Crippen LogP contribution in [0.3, 0.4) is 0 Å². The lowest BCUT2D eigenvalue weighted by atomic mass is 10.2. The molecule has 0 aliphatic heterocycles. The van der Waals surface area contributed by atoms with Gasteiger partial charge >= 0.3 is 11.9 Å². The Morgan fingerprint density at radius 1 is 1.21 bits per heavy atom. The van der Waals surface area contributed by atoms with Crippen LogP contribution in [0.1, 0.15) is 5.69 Å². The van der Waals surface area contributed by atoms with Crippen molar-refractivity contribution >= 4 is 11.6 Å². The van der Waals surface area contributed by atoms with Crippen molar-refractivity contribution in [3.8, 4) is 17.1 Å². The molecular formula is C15H12ClF3N6O3. The zero-order valence-electron chi connectivity index (χ0n) is 14.4. The van der Waals surface area contributed by atoms with Crippen LogP contribution in [0.15, 0.2) is 33.9 Å². The van der Waals surface area contributed by atoms with E-state index in [9.17, 15) is 22.8 Å². The summed E-state index contributed by atoms with van der Waals surface area (Å²) in [5.41, 5.74) is -3.39. The molecule has 0 saturated carbocycles. The number of rotatable bonds is 4. The smallest absolute Gasteiger partial charge is 0.362 e. The highest BCUT2D eigenvalue weighted by Gasteiger charge is 2.35. The number of tetrazole rings is 1. The van der Waals surface area contributed by atoms with E-state index in [2.05, 4.69) is 15.5 Å². The molecular weight excluding hydrogens is 405 g/mol. The Balaban J connectivity index is 2.22. The van der Waals surface area contributed by atoms with Gasteiger partial charge in [-0.3, -0.25) is 9.36 Å². The first-order valence-corrected chi connectivity index (χ1v) is 7.98. The average Bonchev–Trinajstić information content (AvgIpc) is 3.07. The molecule has 9 nitrogen and oxygen atoms in total. The fraction of sp³-hybridized carbons (Fsp3) is 0.267. The molecule has 0 N–H and O–H groups in total. The second kappa shape index (κ2) is 7.20. The third kappa shape index (κ3) is 3.43. The van der Waals surface area contributed by atoms with Crippen LogP contribution in [0, 0.1) is 0 Å². The summed E-state index contributed by atoms with van der Waals surface area (Å²) in [4.78, 5) is 24.7. The molecule has 2 heterocycles. The fourth-order valence-electron chi connectivity index (χ4n) is 2.57. The number of nitrogens with zero attached hydrogens (tertiary/aromatic N) is 6. The van der Waals surface area contributed by atoms with Crippen LogP contribution in [0.4, 0.5) is 13.2 Å². The highest BCUT2D eigenvalue weighted by Crippen LogP contribution is 2.29. The zero-order valence-corrected chi connectivity index (χ0v) is 15.2. The van der Waals surface area contributed by atoms with E-state index in [4.69, 9.17) is 16.3 Å². The maximum atomic E-state index is 13.0. The van der Waals surface area contributed by atoms with Crippen LogP contribution < -0.4 is 11.2 Å². The molecule has 0 amide bonds. The minimum Gasteiger partial charge on any atom is -0.362 e. The van der Waals surface area contributed by atoms with Crippen LogP contribution in [-0.2, 0) is 24.7 Å².